The van der Waals surface area contributed by atoms with Crippen LogP contribution in [0.2, 0.25) is 0 Å². The molecule has 0 aliphatic rings. The van der Waals surface area contributed by atoms with Crippen LogP contribution in [0.25, 0.3) is 0 Å². The number of hydrogen-bond acceptors (Lipinski definition) is 4. The zero-order valence-electron chi connectivity index (χ0n) is 13.0. The Bertz CT molecular complexity index is 367. The second-order valence-corrected chi connectivity index (χ2v) is 5.41. The quantitative estimate of drug-likeness (QED) is 0.750. The molecule has 0 amide bonds. The minimum absolute atomic E-state index is 0.227. The van der Waals surface area contributed by atoms with Gasteiger partial charge < -0.3 is 14.6 Å². The maximum Gasteiger partial charge on any atom is 0.0994 e. The first kappa shape index (κ1) is 17.1. The lowest BCUT2D eigenvalue weighted by Crippen LogP contribution is -2.46. The van der Waals surface area contributed by atoms with Gasteiger partial charge in [-0.05, 0) is 19.4 Å². The molecule has 0 saturated heterocycles. The zero-order chi connectivity index (χ0) is 15.0. The number of ether oxygens (including phenoxy) is 2. The molecule has 4 nitrogen and oxygen atoms in total. The van der Waals surface area contributed by atoms with Gasteiger partial charge in [-0.15, -0.1) is 0 Å². The predicted octanol–water partition coefficient (Wildman–Crippen LogP) is 1.88. The summed E-state index contributed by atoms with van der Waals surface area (Å²) in [6.45, 7) is 6.53. The van der Waals surface area contributed by atoms with Crippen LogP contribution in [0.5, 0.6) is 0 Å². The molecule has 1 rings (SSSR count). The van der Waals surface area contributed by atoms with Gasteiger partial charge in [-0.2, -0.15) is 0 Å². The van der Waals surface area contributed by atoms with Gasteiger partial charge in [0.05, 0.1) is 18.8 Å². The summed E-state index contributed by atoms with van der Waals surface area (Å²) in [5.74, 6) is 0. The van der Waals surface area contributed by atoms with E-state index in [2.05, 4.69) is 11.8 Å². The minimum atomic E-state index is -0.892. The molecule has 20 heavy (non-hydrogen) atoms. The number of rotatable bonds is 9. The van der Waals surface area contributed by atoms with Crippen LogP contribution in [-0.4, -0.2) is 56.6 Å². The number of aliphatic hydroxyl groups is 1. The molecule has 0 saturated carbocycles. The third kappa shape index (κ3) is 5.21. The highest BCUT2D eigenvalue weighted by atomic mass is 16.5. The van der Waals surface area contributed by atoms with Gasteiger partial charge in [0.2, 0.25) is 0 Å². The van der Waals surface area contributed by atoms with E-state index in [4.69, 9.17) is 9.47 Å². The molecule has 0 bridgehead atoms. The maximum absolute atomic E-state index is 10.7. The van der Waals surface area contributed by atoms with E-state index in [0.29, 0.717) is 19.8 Å². The molecule has 0 aliphatic heterocycles. The molecule has 114 valence electrons. The molecule has 2 unspecified atom stereocenters. The average molecular weight is 281 g/mol. The second kappa shape index (κ2) is 8.37. The van der Waals surface area contributed by atoms with Crippen molar-refractivity contribution in [1.82, 2.24) is 4.90 Å². The van der Waals surface area contributed by atoms with Gasteiger partial charge >= 0.3 is 0 Å². The molecule has 1 aromatic carbocycles. The summed E-state index contributed by atoms with van der Waals surface area (Å²) in [5.41, 5.74) is 0.0313. The van der Waals surface area contributed by atoms with E-state index in [-0.39, 0.29) is 6.04 Å². The van der Waals surface area contributed by atoms with Gasteiger partial charge in [-0.1, -0.05) is 30.3 Å². The van der Waals surface area contributed by atoms with Crippen molar-refractivity contribution >= 4 is 0 Å². The monoisotopic (exact) mass is 281 g/mol. The van der Waals surface area contributed by atoms with Gasteiger partial charge in [0.1, 0.15) is 0 Å². The fourth-order valence-electron chi connectivity index (χ4n) is 2.29. The minimum Gasteiger partial charge on any atom is -0.384 e. The van der Waals surface area contributed by atoms with Crippen molar-refractivity contribution in [2.24, 2.45) is 0 Å². The van der Waals surface area contributed by atoms with Crippen molar-refractivity contribution in [2.75, 3.05) is 40.5 Å². The Hall–Kier alpha value is -0.940. The summed E-state index contributed by atoms with van der Waals surface area (Å²) in [4.78, 5) is 2.19. The Balaban J connectivity index is 2.76. The van der Waals surface area contributed by atoms with Crippen molar-refractivity contribution < 1.29 is 14.6 Å². The van der Waals surface area contributed by atoms with Crippen LogP contribution in [0.1, 0.15) is 19.4 Å². The average Bonchev–Trinajstić information content (AvgIpc) is 2.44. The summed E-state index contributed by atoms with van der Waals surface area (Å²) >= 11 is 0. The van der Waals surface area contributed by atoms with E-state index < -0.39 is 5.60 Å². The molecule has 0 heterocycles. The zero-order valence-corrected chi connectivity index (χ0v) is 13.0. The van der Waals surface area contributed by atoms with E-state index in [9.17, 15) is 5.11 Å². The van der Waals surface area contributed by atoms with Crippen molar-refractivity contribution in [3.8, 4) is 0 Å². The summed E-state index contributed by atoms with van der Waals surface area (Å²) in [6, 6.07) is 9.98. The highest BCUT2D eigenvalue weighted by Crippen LogP contribution is 2.22. The maximum atomic E-state index is 10.7. The van der Waals surface area contributed by atoms with Gasteiger partial charge in [-0.3, -0.25) is 4.90 Å². The normalized spacial score (nSPS) is 16.1. The SMILES string of the molecule is COCCN(CC(C)(O)c1ccccc1)C(C)COC. The number of nitrogens with zero attached hydrogens (tertiary/aromatic N) is 1. The highest BCUT2D eigenvalue weighted by Gasteiger charge is 2.28. The van der Waals surface area contributed by atoms with Gasteiger partial charge in [-0.25, -0.2) is 0 Å². The predicted molar refractivity (Wildman–Crippen MR) is 80.8 cm³/mol. The highest BCUT2D eigenvalue weighted by molar-refractivity contribution is 5.21. The Morgan fingerprint density at radius 1 is 1.20 bits per heavy atom. The van der Waals surface area contributed by atoms with Crippen LogP contribution in [0.4, 0.5) is 0 Å². The smallest absolute Gasteiger partial charge is 0.0994 e. The third-order valence-corrected chi connectivity index (χ3v) is 3.52. The Kier molecular flexibility index (Phi) is 7.16. The van der Waals surface area contributed by atoms with Gasteiger partial charge in [0, 0.05) is 33.4 Å². The second-order valence-electron chi connectivity index (χ2n) is 5.41. The molecule has 0 radical (unpaired) electrons. The van der Waals surface area contributed by atoms with Crippen LogP contribution in [0.3, 0.4) is 0 Å². The van der Waals surface area contributed by atoms with Crippen LogP contribution in [-0.2, 0) is 15.1 Å². The van der Waals surface area contributed by atoms with Crippen LogP contribution in [0, 0.1) is 0 Å². The summed E-state index contributed by atoms with van der Waals surface area (Å²) in [7, 11) is 3.38. The lowest BCUT2D eigenvalue weighted by molar-refractivity contribution is -0.0156. The summed E-state index contributed by atoms with van der Waals surface area (Å²) < 4.78 is 10.4. The van der Waals surface area contributed by atoms with Crippen molar-refractivity contribution in [1.29, 1.82) is 0 Å². The van der Waals surface area contributed by atoms with E-state index in [1.807, 2.05) is 37.3 Å². The molecule has 0 spiro atoms. The molecule has 4 heteroatoms. The number of hydrogen-bond donors (Lipinski definition) is 1. The molecular weight excluding hydrogens is 254 g/mol. The molecule has 0 fully saturated rings. The lowest BCUT2D eigenvalue weighted by Gasteiger charge is -2.35. The summed E-state index contributed by atoms with van der Waals surface area (Å²) in [6.07, 6.45) is 0. The van der Waals surface area contributed by atoms with Crippen LogP contribution < -0.4 is 0 Å². The van der Waals surface area contributed by atoms with Gasteiger partial charge in [0.25, 0.3) is 0 Å². The fourth-order valence-corrected chi connectivity index (χ4v) is 2.29. The molecule has 0 aliphatic carbocycles. The first-order valence-corrected chi connectivity index (χ1v) is 7.01. The largest absolute Gasteiger partial charge is 0.384 e. The van der Waals surface area contributed by atoms with E-state index in [1.165, 1.54) is 0 Å². The van der Waals surface area contributed by atoms with Crippen molar-refractivity contribution in [3.05, 3.63) is 35.9 Å². The molecule has 1 aromatic rings. The Morgan fingerprint density at radius 3 is 2.40 bits per heavy atom. The van der Waals surface area contributed by atoms with Crippen LogP contribution >= 0.6 is 0 Å². The lowest BCUT2D eigenvalue weighted by atomic mass is 9.95. The summed E-state index contributed by atoms with van der Waals surface area (Å²) in [5, 5.41) is 10.7. The number of benzene rings is 1. The third-order valence-electron chi connectivity index (χ3n) is 3.52. The van der Waals surface area contributed by atoms with Gasteiger partial charge in [0.15, 0.2) is 0 Å². The van der Waals surface area contributed by atoms with Crippen LogP contribution in [0.15, 0.2) is 30.3 Å². The van der Waals surface area contributed by atoms with E-state index in [1.54, 1.807) is 14.2 Å². The first-order chi connectivity index (χ1) is 9.51. The topological polar surface area (TPSA) is 41.9 Å². The molecular formula is C16H27NO3. The van der Waals surface area contributed by atoms with Crippen molar-refractivity contribution in [2.45, 2.75) is 25.5 Å². The first-order valence-electron chi connectivity index (χ1n) is 7.01. The number of methoxy groups -OCH3 is 2. The molecule has 0 aromatic heterocycles. The molecule has 2 atom stereocenters. The van der Waals surface area contributed by atoms with E-state index >= 15 is 0 Å². The standard InChI is InChI=1S/C16H27NO3/c1-14(12-20-4)17(10-11-19-3)13-16(2,18)15-8-6-5-7-9-15/h5-9,14,18H,10-13H2,1-4H3. The fraction of sp³-hybridized carbons (Fsp3) is 0.625. The van der Waals surface area contributed by atoms with Crippen molar-refractivity contribution in [3.63, 3.8) is 0 Å². The Labute approximate surface area is 122 Å². The molecule has 1 N–H and O–H groups in total. The van der Waals surface area contributed by atoms with E-state index in [0.717, 1.165) is 12.1 Å². The Morgan fingerprint density at radius 2 is 1.85 bits per heavy atom.